The molecule has 0 aromatic heterocycles. The number of carbonyl (C=O) groups excluding carboxylic acids is 1. The van der Waals surface area contributed by atoms with E-state index in [0.717, 1.165) is 23.3 Å². The normalized spacial score (nSPS) is 15.8. The van der Waals surface area contributed by atoms with Gasteiger partial charge in [-0.15, -0.1) is 0 Å². The van der Waals surface area contributed by atoms with Crippen molar-refractivity contribution in [3.8, 4) is 0 Å². The molecule has 0 amide bonds. The number of alkyl halides is 3. The predicted molar refractivity (Wildman–Crippen MR) is 129 cm³/mol. The van der Waals surface area contributed by atoms with Crippen LogP contribution in [0.5, 0.6) is 0 Å². The third-order valence-electron chi connectivity index (χ3n) is 6.25. The summed E-state index contributed by atoms with van der Waals surface area (Å²) in [6, 6.07) is 22.6. The number of hydrogen-bond acceptors (Lipinski definition) is 4. The van der Waals surface area contributed by atoms with Gasteiger partial charge in [0.1, 0.15) is 6.61 Å². The van der Waals surface area contributed by atoms with Gasteiger partial charge < -0.3 is 4.74 Å². The van der Waals surface area contributed by atoms with Crippen LogP contribution in [-0.4, -0.2) is 44.3 Å². The fraction of sp³-hybridized carbons (Fsp3) is 0.296. The molecule has 3 aromatic rings. The van der Waals surface area contributed by atoms with Crippen LogP contribution >= 0.6 is 0 Å². The molecule has 4 rings (SSSR count). The molecule has 1 fully saturated rings. The van der Waals surface area contributed by atoms with E-state index in [4.69, 9.17) is 4.74 Å². The molecular weight excluding hydrogens is 491 g/mol. The van der Waals surface area contributed by atoms with Gasteiger partial charge in [-0.1, -0.05) is 66.7 Å². The van der Waals surface area contributed by atoms with Crippen molar-refractivity contribution in [2.45, 2.75) is 35.9 Å². The van der Waals surface area contributed by atoms with Gasteiger partial charge in [-0.3, -0.25) is 4.79 Å². The van der Waals surface area contributed by atoms with Gasteiger partial charge in [-0.05, 0) is 42.2 Å². The van der Waals surface area contributed by atoms with Crippen molar-refractivity contribution >= 4 is 15.8 Å². The summed E-state index contributed by atoms with van der Waals surface area (Å²) in [5.41, 5.74) is 0.713. The molecule has 0 unspecified atom stereocenters. The summed E-state index contributed by atoms with van der Waals surface area (Å²) in [4.78, 5) is 12.8. The number of ketones is 1. The molecule has 1 aliphatic heterocycles. The monoisotopic (exact) mass is 517 g/mol. The maximum atomic E-state index is 13.2. The summed E-state index contributed by atoms with van der Waals surface area (Å²) in [6.45, 7) is 0.0654. The highest BCUT2D eigenvalue weighted by Crippen LogP contribution is 2.32. The van der Waals surface area contributed by atoms with Crippen molar-refractivity contribution in [2.24, 2.45) is 0 Å². The zero-order chi connectivity index (χ0) is 25.8. The number of benzene rings is 3. The van der Waals surface area contributed by atoms with Crippen LogP contribution in [-0.2, 0) is 25.7 Å². The van der Waals surface area contributed by atoms with Crippen LogP contribution in [0.25, 0.3) is 0 Å². The van der Waals surface area contributed by atoms with Gasteiger partial charge in [0.05, 0.1) is 22.5 Å². The Morgan fingerprint density at radius 1 is 0.889 bits per heavy atom. The Morgan fingerprint density at radius 2 is 1.44 bits per heavy atom. The summed E-state index contributed by atoms with van der Waals surface area (Å²) >= 11 is 0. The van der Waals surface area contributed by atoms with Crippen LogP contribution < -0.4 is 0 Å². The van der Waals surface area contributed by atoms with Crippen LogP contribution in [0.1, 0.15) is 35.4 Å². The number of Topliss-reactive ketones (excluding diaryl/α,β-unsaturated/α-hetero) is 1. The van der Waals surface area contributed by atoms with Crippen molar-refractivity contribution in [2.75, 3.05) is 19.7 Å². The molecule has 0 atom stereocenters. The Morgan fingerprint density at radius 3 is 1.97 bits per heavy atom. The molecule has 5 nitrogen and oxygen atoms in total. The maximum Gasteiger partial charge on any atom is 0.416 e. The number of rotatable bonds is 8. The molecule has 0 aliphatic carbocycles. The lowest BCUT2D eigenvalue weighted by Crippen LogP contribution is -2.41. The molecule has 0 bridgehead atoms. The van der Waals surface area contributed by atoms with Crippen molar-refractivity contribution in [1.29, 1.82) is 0 Å². The van der Waals surface area contributed by atoms with E-state index in [1.165, 1.54) is 10.4 Å². The first-order valence-electron chi connectivity index (χ1n) is 11.6. The van der Waals surface area contributed by atoms with Gasteiger partial charge in [-0.2, -0.15) is 17.5 Å². The summed E-state index contributed by atoms with van der Waals surface area (Å²) in [6.07, 6.45) is -4.27. The first kappa shape index (κ1) is 26.1. The molecule has 0 saturated carbocycles. The summed E-state index contributed by atoms with van der Waals surface area (Å²) < 4.78 is 71.9. The third-order valence-corrected chi connectivity index (χ3v) is 8.14. The van der Waals surface area contributed by atoms with E-state index >= 15 is 0 Å². The van der Waals surface area contributed by atoms with Gasteiger partial charge in [0.15, 0.2) is 5.78 Å². The minimum atomic E-state index is -4.63. The smallest absolute Gasteiger partial charge is 0.370 e. The Balaban J connectivity index is 1.38. The number of ether oxygens (including phenoxy) is 1. The van der Waals surface area contributed by atoms with Gasteiger partial charge >= 0.3 is 6.18 Å². The minimum absolute atomic E-state index is 0.0955. The first-order valence-corrected chi connectivity index (χ1v) is 13.0. The molecular formula is C27H26F3NO4S. The minimum Gasteiger partial charge on any atom is -0.370 e. The van der Waals surface area contributed by atoms with E-state index in [-0.39, 0.29) is 36.5 Å². The van der Waals surface area contributed by atoms with Gasteiger partial charge in [-0.25, -0.2) is 8.42 Å². The molecule has 1 heterocycles. The second-order valence-corrected chi connectivity index (χ2v) is 10.6. The average Bonchev–Trinajstić information content (AvgIpc) is 2.89. The van der Waals surface area contributed by atoms with Gasteiger partial charge in [0.25, 0.3) is 0 Å². The quantitative estimate of drug-likeness (QED) is 0.408. The van der Waals surface area contributed by atoms with Gasteiger partial charge in [0.2, 0.25) is 10.0 Å². The van der Waals surface area contributed by atoms with Crippen LogP contribution in [0, 0.1) is 0 Å². The third kappa shape index (κ3) is 6.03. The number of carbonyl (C=O) groups is 1. The topological polar surface area (TPSA) is 63.7 Å². The Bertz CT molecular complexity index is 1230. The molecule has 0 radical (unpaired) electrons. The number of halogens is 3. The molecule has 3 aromatic carbocycles. The van der Waals surface area contributed by atoms with E-state index < -0.39 is 27.7 Å². The molecule has 1 saturated heterocycles. The summed E-state index contributed by atoms with van der Waals surface area (Å²) in [7, 11) is -4.07. The zero-order valence-electron chi connectivity index (χ0n) is 19.4. The number of piperidine rings is 1. The number of hydrogen-bond donors (Lipinski definition) is 0. The Kier molecular flexibility index (Phi) is 7.92. The fourth-order valence-electron chi connectivity index (χ4n) is 4.36. The number of sulfonamides is 1. The Labute approximate surface area is 208 Å². The van der Waals surface area contributed by atoms with Crippen LogP contribution in [0.4, 0.5) is 13.2 Å². The second kappa shape index (κ2) is 10.9. The highest BCUT2D eigenvalue weighted by atomic mass is 32.2. The molecule has 36 heavy (non-hydrogen) atoms. The van der Waals surface area contributed by atoms with Gasteiger partial charge in [0, 0.05) is 13.1 Å². The van der Waals surface area contributed by atoms with Crippen molar-refractivity contribution in [1.82, 2.24) is 4.31 Å². The molecule has 190 valence electrons. The van der Waals surface area contributed by atoms with E-state index in [9.17, 15) is 26.4 Å². The molecule has 0 N–H and O–H groups in total. The van der Waals surface area contributed by atoms with E-state index in [0.29, 0.717) is 18.9 Å². The lowest BCUT2D eigenvalue weighted by Gasteiger charge is -2.31. The van der Waals surface area contributed by atoms with E-state index in [2.05, 4.69) is 0 Å². The van der Waals surface area contributed by atoms with Crippen LogP contribution in [0.15, 0.2) is 89.8 Å². The number of nitrogens with zero attached hydrogens (tertiary/aromatic N) is 1. The second-order valence-electron chi connectivity index (χ2n) is 8.66. The van der Waals surface area contributed by atoms with Crippen LogP contribution in [0.3, 0.4) is 0 Å². The molecule has 0 spiro atoms. The first-order chi connectivity index (χ1) is 17.2. The Hall–Kier alpha value is -3.01. The van der Waals surface area contributed by atoms with Crippen molar-refractivity contribution in [3.05, 3.63) is 102 Å². The lowest BCUT2D eigenvalue weighted by atomic mass is 9.88. The average molecular weight is 518 g/mol. The van der Waals surface area contributed by atoms with Crippen molar-refractivity contribution in [3.63, 3.8) is 0 Å². The summed E-state index contributed by atoms with van der Waals surface area (Å²) in [5.74, 6) is -0.583. The summed E-state index contributed by atoms with van der Waals surface area (Å²) in [5, 5.41) is 0. The fourth-order valence-corrected chi connectivity index (χ4v) is 5.88. The molecule has 9 heteroatoms. The highest BCUT2D eigenvalue weighted by Gasteiger charge is 2.34. The largest absolute Gasteiger partial charge is 0.416 e. The predicted octanol–water partition coefficient (Wildman–Crippen LogP) is 5.28. The highest BCUT2D eigenvalue weighted by molar-refractivity contribution is 7.89. The van der Waals surface area contributed by atoms with Crippen molar-refractivity contribution < 1.29 is 31.1 Å². The van der Waals surface area contributed by atoms with Crippen LogP contribution in [0.2, 0.25) is 0 Å². The standard InChI is InChI=1S/C27H26F3NO4S/c28-27(29,30)22-12-7-13-24(18-22)36(33,34)31-16-14-23(15-17-31)35-19-25(32)26(20-8-3-1-4-9-20)21-10-5-2-6-11-21/h1-13,18,23,26H,14-17,19H2. The molecule has 1 aliphatic rings. The van der Waals surface area contributed by atoms with E-state index in [1.807, 2.05) is 60.7 Å². The SMILES string of the molecule is O=C(COC1CCN(S(=O)(=O)c2cccc(C(F)(F)F)c2)CC1)C(c1ccccc1)c1ccccc1. The lowest BCUT2D eigenvalue weighted by molar-refractivity contribution is -0.137. The maximum absolute atomic E-state index is 13.2. The van der Waals surface area contributed by atoms with E-state index in [1.54, 1.807) is 0 Å². The zero-order valence-corrected chi connectivity index (χ0v) is 20.2.